The second kappa shape index (κ2) is 11.7. The molecule has 3 aromatic carbocycles. The fourth-order valence-electron chi connectivity index (χ4n) is 4.85. The molecule has 0 bridgehead atoms. The molecule has 1 aliphatic rings. The lowest BCUT2D eigenvalue weighted by molar-refractivity contribution is -0.138. The molecule has 3 aromatic rings. The topological polar surface area (TPSA) is 81.7 Å². The lowest BCUT2D eigenvalue weighted by Gasteiger charge is -2.30. The van der Waals surface area contributed by atoms with Gasteiger partial charge in [0, 0.05) is 18.8 Å². The van der Waals surface area contributed by atoms with Crippen LogP contribution in [0.2, 0.25) is 0 Å². The van der Waals surface area contributed by atoms with Gasteiger partial charge in [0.05, 0.1) is 17.3 Å². The molecule has 200 valence electrons. The summed E-state index contributed by atoms with van der Waals surface area (Å²) in [6.07, 6.45) is 0.609. The number of amides is 2. The molecule has 6 nitrogen and oxygen atoms in total. The van der Waals surface area contributed by atoms with E-state index in [1.165, 1.54) is 12.1 Å². The lowest BCUT2D eigenvalue weighted by Crippen LogP contribution is -2.32. The van der Waals surface area contributed by atoms with E-state index in [4.69, 9.17) is 0 Å². The van der Waals surface area contributed by atoms with Crippen LogP contribution in [0.25, 0.3) is 11.1 Å². The van der Waals surface area contributed by atoms with Gasteiger partial charge in [0.1, 0.15) is 5.82 Å². The third-order valence-electron chi connectivity index (χ3n) is 6.61. The maximum Gasteiger partial charge on any atom is 0.323 e. The third-order valence-corrected chi connectivity index (χ3v) is 6.61. The Balaban J connectivity index is 1.59. The van der Waals surface area contributed by atoms with E-state index >= 15 is 0 Å². The minimum Gasteiger partial charge on any atom is -0.481 e. The normalized spacial score (nSPS) is 16.4. The van der Waals surface area contributed by atoms with Crippen LogP contribution in [0.15, 0.2) is 66.7 Å². The predicted octanol–water partition coefficient (Wildman–Crippen LogP) is 7.44. The van der Waals surface area contributed by atoms with Gasteiger partial charge in [-0.15, -0.1) is 0 Å². The first kappa shape index (κ1) is 27.2. The zero-order chi connectivity index (χ0) is 27.4. The fraction of sp³-hybridized carbons (Fsp3) is 0.355. The number of urea groups is 1. The number of hydrogen-bond acceptors (Lipinski definition) is 3. The van der Waals surface area contributed by atoms with Crippen molar-refractivity contribution in [3.63, 3.8) is 0 Å². The number of halogens is 1. The Bertz CT molecular complexity index is 1280. The van der Waals surface area contributed by atoms with Gasteiger partial charge < -0.3 is 20.6 Å². The number of hydrogen-bond donors (Lipinski definition) is 3. The van der Waals surface area contributed by atoms with Crippen LogP contribution in [0.1, 0.15) is 45.6 Å². The number of carboxylic acid groups (broad SMARTS) is 1. The number of benzene rings is 3. The first-order valence-electron chi connectivity index (χ1n) is 13.2. The summed E-state index contributed by atoms with van der Waals surface area (Å²) >= 11 is 0. The maximum absolute atomic E-state index is 13.3. The smallest absolute Gasteiger partial charge is 0.323 e. The Labute approximate surface area is 223 Å². The second-order valence-corrected chi connectivity index (χ2v) is 10.9. The Hall–Kier alpha value is -3.87. The number of carbonyl (C=O) groups excluding carboxylic acids is 1. The first-order valence-corrected chi connectivity index (χ1v) is 13.2. The molecule has 1 fully saturated rings. The Morgan fingerprint density at radius 3 is 2.21 bits per heavy atom. The standard InChI is InChI=1S/C31H36FN3O3/c1-19(2)17-35(18-20(3)4)29-13-10-23(26-16-27(26)30(36)37)15-28(29)34-31(38)33-25-7-5-6-22(14-25)21-8-11-24(32)12-9-21/h5-15,19-20,26-27H,16-18H2,1-4H3,(H,36,37)(H2,33,34,38)/t26-,27-/m1/s1. The number of aliphatic carboxylic acids is 1. The van der Waals surface area contributed by atoms with Gasteiger partial charge in [0.2, 0.25) is 0 Å². The highest BCUT2D eigenvalue weighted by molar-refractivity contribution is 6.02. The van der Waals surface area contributed by atoms with E-state index in [0.29, 0.717) is 29.6 Å². The molecule has 0 unspecified atom stereocenters. The van der Waals surface area contributed by atoms with E-state index in [1.54, 1.807) is 18.2 Å². The number of nitrogens with one attached hydrogen (secondary N) is 2. The first-order chi connectivity index (χ1) is 18.1. The van der Waals surface area contributed by atoms with Crippen LogP contribution >= 0.6 is 0 Å². The third kappa shape index (κ3) is 6.91. The van der Waals surface area contributed by atoms with Gasteiger partial charge in [-0.25, -0.2) is 9.18 Å². The number of rotatable bonds is 10. The highest BCUT2D eigenvalue weighted by atomic mass is 19.1. The van der Waals surface area contributed by atoms with Gasteiger partial charge in [-0.3, -0.25) is 4.79 Å². The number of anilines is 3. The zero-order valence-electron chi connectivity index (χ0n) is 22.4. The maximum atomic E-state index is 13.3. The Kier molecular flexibility index (Phi) is 8.35. The molecule has 0 aromatic heterocycles. The molecule has 38 heavy (non-hydrogen) atoms. The minimum absolute atomic E-state index is 0.0406. The molecule has 2 atom stereocenters. The average molecular weight is 518 g/mol. The average Bonchev–Trinajstić information content (AvgIpc) is 3.65. The van der Waals surface area contributed by atoms with Crippen LogP contribution in [0.5, 0.6) is 0 Å². The molecule has 0 aliphatic heterocycles. The highest BCUT2D eigenvalue weighted by Gasteiger charge is 2.44. The highest BCUT2D eigenvalue weighted by Crippen LogP contribution is 2.49. The van der Waals surface area contributed by atoms with Crippen molar-refractivity contribution in [2.45, 2.75) is 40.0 Å². The van der Waals surface area contributed by atoms with E-state index < -0.39 is 5.97 Å². The summed E-state index contributed by atoms with van der Waals surface area (Å²) in [5.41, 5.74) is 4.81. The molecule has 1 saturated carbocycles. The predicted molar refractivity (Wildman–Crippen MR) is 151 cm³/mol. The van der Waals surface area contributed by atoms with Crippen molar-refractivity contribution in [3.8, 4) is 11.1 Å². The van der Waals surface area contributed by atoms with Crippen molar-refractivity contribution < 1.29 is 19.1 Å². The molecular formula is C31H36FN3O3. The number of nitrogens with zero attached hydrogens (tertiary/aromatic N) is 1. The molecule has 0 radical (unpaired) electrons. The summed E-state index contributed by atoms with van der Waals surface area (Å²) < 4.78 is 13.3. The minimum atomic E-state index is -0.784. The summed E-state index contributed by atoms with van der Waals surface area (Å²) in [4.78, 5) is 26.9. The van der Waals surface area contributed by atoms with Crippen LogP contribution in [0.4, 0.5) is 26.2 Å². The van der Waals surface area contributed by atoms with Gasteiger partial charge >= 0.3 is 12.0 Å². The van der Waals surface area contributed by atoms with Crippen LogP contribution in [-0.2, 0) is 4.79 Å². The monoisotopic (exact) mass is 517 g/mol. The van der Waals surface area contributed by atoms with Crippen molar-refractivity contribution >= 4 is 29.1 Å². The van der Waals surface area contributed by atoms with Crippen LogP contribution in [-0.4, -0.2) is 30.2 Å². The molecule has 7 heteroatoms. The van der Waals surface area contributed by atoms with Crippen molar-refractivity contribution in [3.05, 3.63) is 78.1 Å². The molecule has 2 amide bonds. The molecule has 1 aliphatic carbocycles. The number of carboxylic acids is 1. The molecule has 0 saturated heterocycles. The van der Waals surface area contributed by atoms with Gasteiger partial charge in [-0.1, -0.05) is 58.0 Å². The summed E-state index contributed by atoms with van der Waals surface area (Å²) in [7, 11) is 0. The molecule has 0 spiro atoms. The van der Waals surface area contributed by atoms with E-state index in [1.807, 2.05) is 36.4 Å². The molecule has 0 heterocycles. The van der Waals surface area contributed by atoms with Crippen molar-refractivity contribution in [1.82, 2.24) is 0 Å². The SMILES string of the molecule is CC(C)CN(CC(C)C)c1ccc([C@H]2C[C@H]2C(=O)O)cc1NC(=O)Nc1cccc(-c2ccc(F)cc2)c1. The van der Waals surface area contributed by atoms with E-state index in [2.05, 4.69) is 43.2 Å². The molecule has 4 rings (SSSR count). The Morgan fingerprint density at radius 2 is 1.61 bits per heavy atom. The van der Waals surface area contributed by atoms with Gasteiger partial charge in [-0.2, -0.15) is 0 Å². The van der Waals surface area contributed by atoms with Crippen molar-refractivity contribution in [2.24, 2.45) is 17.8 Å². The molecular weight excluding hydrogens is 481 g/mol. The molecule has 3 N–H and O–H groups in total. The van der Waals surface area contributed by atoms with Crippen molar-refractivity contribution in [2.75, 3.05) is 28.6 Å². The fourth-order valence-corrected chi connectivity index (χ4v) is 4.85. The van der Waals surface area contributed by atoms with Gasteiger partial charge in [0.25, 0.3) is 0 Å². The van der Waals surface area contributed by atoms with E-state index in [0.717, 1.165) is 35.5 Å². The van der Waals surface area contributed by atoms with Crippen LogP contribution in [0.3, 0.4) is 0 Å². The lowest BCUT2D eigenvalue weighted by atomic mass is 10.0. The summed E-state index contributed by atoms with van der Waals surface area (Å²) in [5.74, 6) is -0.660. The number of carbonyl (C=O) groups is 2. The quantitative estimate of drug-likeness (QED) is 0.261. The summed E-state index contributed by atoms with van der Waals surface area (Å²) in [6, 6.07) is 19.1. The summed E-state index contributed by atoms with van der Waals surface area (Å²) in [6.45, 7) is 10.3. The van der Waals surface area contributed by atoms with Crippen molar-refractivity contribution in [1.29, 1.82) is 0 Å². The van der Waals surface area contributed by atoms with E-state index in [9.17, 15) is 19.1 Å². The van der Waals surface area contributed by atoms with Crippen LogP contribution < -0.4 is 15.5 Å². The summed E-state index contributed by atoms with van der Waals surface area (Å²) in [5, 5.41) is 15.4. The van der Waals surface area contributed by atoms with E-state index in [-0.39, 0.29) is 23.7 Å². The van der Waals surface area contributed by atoms with Gasteiger partial charge in [-0.05, 0) is 77.3 Å². The largest absolute Gasteiger partial charge is 0.481 e. The van der Waals surface area contributed by atoms with Crippen LogP contribution in [0, 0.1) is 23.6 Å². The Morgan fingerprint density at radius 1 is 0.921 bits per heavy atom. The van der Waals surface area contributed by atoms with Gasteiger partial charge in [0.15, 0.2) is 0 Å². The second-order valence-electron chi connectivity index (χ2n) is 10.9. The zero-order valence-corrected chi connectivity index (χ0v) is 22.4.